The second-order valence-corrected chi connectivity index (χ2v) is 9.15. The van der Waals surface area contributed by atoms with E-state index in [1.807, 2.05) is 6.92 Å². The predicted octanol–water partition coefficient (Wildman–Crippen LogP) is 4.95. The molecule has 2 aromatic heterocycles. The fraction of sp³-hybridized carbons (Fsp3) is 0.308. The molecule has 0 spiro atoms. The lowest BCUT2D eigenvalue weighted by atomic mass is 9.75. The van der Waals surface area contributed by atoms with Crippen LogP contribution in [0.3, 0.4) is 0 Å². The zero-order chi connectivity index (χ0) is 27.6. The molecule has 0 bridgehead atoms. The average Bonchev–Trinajstić information content (AvgIpc) is 2.89. The number of amides is 2. The van der Waals surface area contributed by atoms with Crippen LogP contribution in [-0.4, -0.2) is 45.2 Å². The number of carbonyl (C=O) groups excluding carboxylic acids is 1. The molecule has 0 aliphatic heterocycles. The van der Waals surface area contributed by atoms with Crippen LogP contribution in [0.5, 0.6) is 5.75 Å². The summed E-state index contributed by atoms with van der Waals surface area (Å²) in [7, 11) is 1.24. The molecular weight excluding hydrogens is 503 g/mol. The van der Waals surface area contributed by atoms with Crippen LogP contribution >= 0.6 is 0 Å². The quantitative estimate of drug-likeness (QED) is 0.234. The van der Waals surface area contributed by atoms with Gasteiger partial charge in [-0.05, 0) is 54.9 Å². The van der Waals surface area contributed by atoms with Gasteiger partial charge < -0.3 is 15.2 Å². The summed E-state index contributed by atoms with van der Waals surface area (Å²) < 4.78 is 48.5. The highest BCUT2D eigenvalue weighted by molar-refractivity contribution is 6.03. The van der Waals surface area contributed by atoms with Gasteiger partial charge in [-0.3, -0.25) is 9.78 Å². The first-order chi connectivity index (χ1) is 18.1. The second kappa shape index (κ2) is 11.1. The molecular formula is C26H26F3N5O4. The van der Waals surface area contributed by atoms with Crippen molar-refractivity contribution in [3.63, 3.8) is 0 Å². The number of nitrogens with zero attached hydrogens (tertiary/aromatic N) is 3. The number of hydrogen-bond donors (Lipinski definition) is 3. The summed E-state index contributed by atoms with van der Waals surface area (Å²) in [6.07, 6.45) is 3.62. The number of halogens is 3. The number of benzene rings is 1. The first-order valence-electron chi connectivity index (χ1n) is 11.8. The molecule has 0 radical (unpaired) electrons. The SMILES string of the molecule is COc1cc(F)c(-c2nc(C(=O)Nc3cnccc3[C@@H]3CCC(N(N)C(=O)O)[C@@H](C)C3)ccc2F)c(F)c1. The van der Waals surface area contributed by atoms with Crippen LogP contribution in [0.2, 0.25) is 0 Å². The van der Waals surface area contributed by atoms with Crippen molar-refractivity contribution in [2.75, 3.05) is 12.4 Å². The zero-order valence-electron chi connectivity index (χ0n) is 20.6. The van der Waals surface area contributed by atoms with Gasteiger partial charge in [-0.2, -0.15) is 0 Å². The van der Waals surface area contributed by atoms with Gasteiger partial charge in [0.05, 0.1) is 30.6 Å². The van der Waals surface area contributed by atoms with Gasteiger partial charge in [0.15, 0.2) is 0 Å². The van der Waals surface area contributed by atoms with Gasteiger partial charge in [-0.15, -0.1) is 0 Å². The van der Waals surface area contributed by atoms with E-state index in [0.29, 0.717) is 24.9 Å². The Hall–Kier alpha value is -4.19. The normalized spacial score (nSPS) is 19.1. The van der Waals surface area contributed by atoms with Gasteiger partial charge in [0.25, 0.3) is 5.91 Å². The molecule has 1 unspecified atom stereocenters. The number of carboxylic acid groups (broad SMARTS) is 1. The monoisotopic (exact) mass is 529 g/mol. The number of methoxy groups -OCH3 is 1. The lowest BCUT2D eigenvalue weighted by Gasteiger charge is -2.38. The summed E-state index contributed by atoms with van der Waals surface area (Å²) in [4.78, 5) is 32.3. The molecule has 3 atom stereocenters. The van der Waals surface area contributed by atoms with E-state index in [4.69, 9.17) is 10.6 Å². The Balaban J connectivity index is 1.58. The molecule has 2 heterocycles. The number of aromatic nitrogens is 2. The number of anilines is 1. The highest BCUT2D eigenvalue weighted by Gasteiger charge is 2.34. The number of nitrogens with one attached hydrogen (secondary N) is 1. The molecule has 1 fully saturated rings. The molecule has 1 saturated carbocycles. The number of hydrazine groups is 1. The lowest BCUT2D eigenvalue weighted by Crippen LogP contribution is -2.49. The average molecular weight is 530 g/mol. The third-order valence-corrected chi connectivity index (χ3v) is 6.81. The fourth-order valence-electron chi connectivity index (χ4n) is 4.91. The van der Waals surface area contributed by atoms with Crippen molar-refractivity contribution in [1.82, 2.24) is 15.0 Å². The highest BCUT2D eigenvalue weighted by Crippen LogP contribution is 2.40. The third kappa shape index (κ3) is 5.40. The molecule has 9 nitrogen and oxygen atoms in total. The lowest BCUT2D eigenvalue weighted by molar-refractivity contribution is 0.0859. The van der Waals surface area contributed by atoms with E-state index in [-0.39, 0.29) is 29.3 Å². The largest absolute Gasteiger partial charge is 0.497 e. The van der Waals surface area contributed by atoms with Crippen molar-refractivity contribution in [2.24, 2.45) is 11.8 Å². The standard InChI is InChI=1S/C26H26F3N5O4/c1-13-9-14(3-6-22(13)34(30)26(36)37)16-7-8-31-12-21(16)33-25(35)20-5-4-17(27)24(32-20)23-18(28)10-15(38-2)11-19(23)29/h4-5,7-8,10-14,22H,3,6,9,30H2,1-2H3,(H,33,35)(H,36,37)/t13-,14+,22?/m0/s1. The second-order valence-electron chi connectivity index (χ2n) is 9.15. The van der Waals surface area contributed by atoms with E-state index in [2.05, 4.69) is 15.3 Å². The summed E-state index contributed by atoms with van der Waals surface area (Å²) in [5.41, 5.74) is -0.458. The molecule has 2 amide bonds. The van der Waals surface area contributed by atoms with Gasteiger partial charge in [-0.25, -0.2) is 33.8 Å². The van der Waals surface area contributed by atoms with Crippen LogP contribution in [0.1, 0.15) is 48.2 Å². The summed E-state index contributed by atoms with van der Waals surface area (Å²) in [6.45, 7) is 1.92. The minimum absolute atomic E-state index is 0.0130. The van der Waals surface area contributed by atoms with Crippen LogP contribution in [-0.2, 0) is 0 Å². The maximum absolute atomic E-state index is 14.6. The minimum Gasteiger partial charge on any atom is -0.497 e. The van der Waals surface area contributed by atoms with E-state index in [9.17, 15) is 27.9 Å². The smallest absolute Gasteiger partial charge is 0.421 e. The summed E-state index contributed by atoms with van der Waals surface area (Å²) in [5.74, 6) is 1.64. The van der Waals surface area contributed by atoms with E-state index < -0.39 is 40.7 Å². The molecule has 38 heavy (non-hydrogen) atoms. The third-order valence-electron chi connectivity index (χ3n) is 6.81. The van der Waals surface area contributed by atoms with Gasteiger partial charge in [-0.1, -0.05) is 6.92 Å². The van der Waals surface area contributed by atoms with Crippen LogP contribution in [0, 0.1) is 23.4 Å². The molecule has 1 aromatic carbocycles. The van der Waals surface area contributed by atoms with Crippen LogP contribution in [0.25, 0.3) is 11.3 Å². The molecule has 3 aromatic rings. The Kier molecular flexibility index (Phi) is 7.81. The summed E-state index contributed by atoms with van der Waals surface area (Å²) in [6, 6.07) is 5.24. The van der Waals surface area contributed by atoms with Gasteiger partial charge in [0.1, 0.15) is 34.6 Å². The number of rotatable bonds is 6. The zero-order valence-corrected chi connectivity index (χ0v) is 20.6. The fourth-order valence-corrected chi connectivity index (χ4v) is 4.91. The molecule has 12 heteroatoms. The Morgan fingerprint density at radius 1 is 1.13 bits per heavy atom. The maximum Gasteiger partial charge on any atom is 0.421 e. The van der Waals surface area contributed by atoms with E-state index in [1.54, 1.807) is 12.3 Å². The van der Waals surface area contributed by atoms with Gasteiger partial charge in [0, 0.05) is 18.3 Å². The number of nitrogens with two attached hydrogens (primary N) is 1. The predicted molar refractivity (Wildman–Crippen MR) is 132 cm³/mol. The van der Waals surface area contributed by atoms with Crippen molar-refractivity contribution < 1.29 is 32.6 Å². The van der Waals surface area contributed by atoms with Crippen LogP contribution in [0.4, 0.5) is 23.7 Å². The first kappa shape index (κ1) is 26.9. The molecule has 4 rings (SSSR count). The summed E-state index contributed by atoms with van der Waals surface area (Å²) >= 11 is 0. The topological polar surface area (TPSA) is 131 Å². The maximum atomic E-state index is 14.6. The Morgan fingerprint density at radius 2 is 1.84 bits per heavy atom. The van der Waals surface area contributed by atoms with Crippen LogP contribution in [0.15, 0.2) is 42.7 Å². The van der Waals surface area contributed by atoms with Crippen molar-refractivity contribution in [3.8, 4) is 17.0 Å². The Labute approximate surface area is 216 Å². The molecule has 0 saturated heterocycles. The van der Waals surface area contributed by atoms with Crippen molar-refractivity contribution in [1.29, 1.82) is 0 Å². The van der Waals surface area contributed by atoms with Gasteiger partial charge in [0.2, 0.25) is 0 Å². The van der Waals surface area contributed by atoms with E-state index >= 15 is 0 Å². The number of pyridine rings is 2. The van der Waals surface area contributed by atoms with E-state index in [0.717, 1.165) is 34.8 Å². The molecule has 4 N–H and O–H groups in total. The summed E-state index contributed by atoms with van der Waals surface area (Å²) in [5, 5.41) is 12.8. The molecule has 1 aliphatic carbocycles. The Morgan fingerprint density at radius 3 is 2.47 bits per heavy atom. The minimum atomic E-state index is -1.20. The van der Waals surface area contributed by atoms with Crippen LogP contribution < -0.4 is 15.9 Å². The highest BCUT2D eigenvalue weighted by atomic mass is 19.1. The first-order valence-corrected chi connectivity index (χ1v) is 11.8. The van der Waals surface area contributed by atoms with Crippen molar-refractivity contribution in [2.45, 2.75) is 38.1 Å². The van der Waals surface area contributed by atoms with Gasteiger partial charge >= 0.3 is 6.09 Å². The Bertz CT molecular complexity index is 1350. The molecule has 1 aliphatic rings. The van der Waals surface area contributed by atoms with E-state index in [1.165, 1.54) is 13.3 Å². The van der Waals surface area contributed by atoms with Crippen molar-refractivity contribution >= 4 is 17.7 Å². The number of ether oxygens (including phenoxy) is 1. The number of carbonyl (C=O) groups is 2. The molecule has 200 valence electrons. The number of hydrogen-bond acceptors (Lipinski definition) is 6. The van der Waals surface area contributed by atoms with Crippen molar-refractivity contribution in [3.05, 3.63) is 71.4 Å².